The largest absolute Gasteiger partial charge is 0.481 e. The maximum absolute atomic E-state index is 12.9. The molecule has 0 heterocycles. The van der Waals surface area contributed by atoms with E-state index in [1.807, 2.05) is 30.3 Å². The third kappa shape index (κ3) is 5.64. The van der Waals surface area contributed by atoms with E-state index in [2.05, 4.69) is 10.9 Å². The van der Waals surface area contributed by atoms with Gasteiger partial charge in [-0.1, -0.05) is 36.4 Å². The Bertz CT molecular complexity index is 1070. The van der Waals surface area contributed by atoms with Gasteiger partial charge < -0.3 is 4.74 Å². The van der Waals surface area contributed by atoms with Crippen molar-refractivity contribution in [1.29, 1.82) is 0 Å². The van der Waals surface area contributed by atoms with Crippen molar-refractivity contribution in [3.63, 3.8) is 0 Å². The number of hydrogen-bond donors (Lipinski definition) is 2. The van der Waals surface area contributed by atoms with E-state index >= 15 is 0 Å². The van der Waals surface area contributed by atoms with Gasteiger partial charge in [0.05, 0.1) is 0 Å². The summed E-state index contributed by atoms with van der Waals surface area (Å²) < 4.78 is 18.3. The zero-order valence-electron chi connectivity index (χ0n) is 16.4. The number of benzene rings is 3. The smallest absolute Gasteiger partial charge is 0.279 e. The molecule has 0 bridgehead atoms. The van der Waals surface area contributed by atoms with Gasteiger partial charge in [0.15, 0.2) is 11.9 Å². The molecule has 0 fully saturated rings. The monoisotopic (exact) mass is 408 g/mol. The quantitative estimate of drug-likeness (QED) is 0.463. The summed E-state index contributed by atoms with van der Waals surface area (Å²) in [5.41, 5.74) is 5.05. The van der Waals surface area contributed by atoms with Crippen LogP contribution in [0.4, 0.5) is 4.39 Å². The van der Waals surface area contributed by atoms with Crippen molar-refractivity contribution in [1.82, 2.24) is 10.9 Å². The van der Waals surface area contributed by atoms with Crippen LogP contribution in [0.1, 0.15) is 30.1 Å². The van der Waals surface area contributed by atoms with Gasteiger partial charge in [-0.3, -0.25) is 25.2 Å². The molecule has 7 heteroatoms. The SMILES string of the molecule is C[C@H](Oc1ccc(F)cc1)C(=O)NNC(=O)CCC(=O)c1ccc2ccccc2c1. The predicted molar refractivity (Wildman–Crippen MR) is 110 cm³/mol. The molecule has 0 aliphatic heterocycles. The van der Waals surface area contributed by atoms with Crippen molar-refractivity contribution in [2.75, 3.05) is 0 Å². The molecule has 2 N–H and O–H groups in total. The summed E-state index contributed by atoms with van der Waals surface area (Å²) >= 11 is 0. The molecule has 3 aromatic rings. The molecular formula is C23H21FN2O4. The first-order valence-electron chi connectivity index (χ1n) is 9.45. The number of ketones is 1. The molecule has 0 spiro atoms. The van der Waals surface area contributed by atoms with Crippen LogP contribution in [0.3, 0.4) is 0 Å². The molecule has 30 heavy (non-hydrogen) atoms. The molecule has 0 aromatic heterocycles. The highest BCUT2D eigenvalue weighted by atomic mass is 19.1. The van der Waals surface area contributed by atoms with Gasteiger partial charge in [-0.05, 0) is 48.0 Å². The molecule has 3 aromatic carbocycles. The van der Waals surface area contributed by atoms with E-state index in [-0.39, 0.29) is 18.6 Å². The molecule has 0 aliphatic rings. The second kappa shape index (κ2) is 9.65. The molecule has 3 rings (SSSR count). The van der Waals surface area contributed by atoms with Gasteiger partial charge in [0.25, 0.3) is 5.91 Å². The molecular weight excluding hydrogens is 387 g/mol. The summed E-state index contributed by atoms with van der Waals surface area (Å²) in [5.74, 6) is -1.31. The maximum atomic E-state index is 12.9. The van der Waals surface area contributed by atoms with Crippen molar-refractivity contribution in [3.05, 3.63) is 78.1 Å². The van der Waals surface area contributed by atoms with Crippen LogP contribution in [0, 0.1) is 5.82 Å². The summed E-state index contributed by atoms with van der Waals surface area (Å²) in [5, 5.41) is 1.99. The van der Waals surface area contributed by atoms with Gasteiger partial charge in [0.1, 0.15) is 11.6 Å². The lowest BCUT2D eigenvalue weighted by Gasteiger charge is -2.15. The number of fused-ring (bicyclic) bond motifs is 1. The number of carbonyl (C=O) groups excluding carboxylic acids is 3. The standard InChI is InChI=1S/C23H21FN2O4/c1-15(30-20-10-8-19(24)9-11-20)23(29)26-25-22(28)13-12-21(27)18-7-6-16-4-2-3-5-17(16)14-18/h2-11,14-15H,12-13H2,1H3,(H,25,28)(H,26,29)/t15-/m0/s1. The maximum Gasteiger partial charge on any atom is 0.279 e. The fourth-order valence-electron chi connectivity index (χ4n) is 2.80. The Hall–Kier alpha value is -3.74. The van der Waals surface area contributed by atoms with Gasteiger partial charge in [0, 0.05) is 18.4 Å². The zero-order valence-corrected chi connectivity index (χ0v) is 16.4. The molecule has 0 saturated heterocycles. The first-order valence-corrected chi connectivity index (χ1v) is 9.45. The Morgan fingerprint density at radius 1 is 0.900 bits per heavy atom. The summed E-state index contributed by atoms with van der Waals surface area (Å²) in [7, 11) is 0. The van der Waals surface area contributed by atoms with Gasteiger partial charge in [0.2, 0.25) is 5.91 Å². The van der Waals surface area contributed by atoms with Crippen molar-refractivity contribution in [3.8, 4) is 5.75 Å². The van der Waals surface area contributed by atoms with Crippen LogP contribution in [0.2, 0.25) is 0 Å². The number of Topliss-reactive ketones (excluding diaryl/α,β-unsaturated/α-hetero) is 1. The van der Waals surface area contributed by atoms with E-state index in [0.29, 0.717) is 11.3 Å². The first kappa shape index (κ1) is 21.0. The van der Waals surface area contributed by atoms with Crippen LogP contribution in [0.5, 0.6) is 5.75 Å². The van der Waals surface area contributed by atoms with E-state index in [1.54, 1.807) is 12.1 Å². The molecule has 1 atom stereocenters. The van der Waals surface area contributed by atoms with E-state index in [1.165, 1.54) is 31.2 Å². The van der Waals surface area contributed by atoms with Crippen LogP contribution >= 0.6 is 0 Å². The first-order chi connectivity index (χ1) is 14.4. The summed E-state index contributed by atoms with van der Waals surface area (Å²) in [6.07, 6.45) is -0.962. The number of halogens is 1. The number of nitrogens with one attached hydrogen (secondary N) is 2. The van der Waals surface area contributed by atoms with E-state index in [4.69, 9.17) is 4.74 Å². The Morgan fingerprint density at radius 2 is 1.60 bits per heavy atom. The summed E-state index contributed by atoms with van der Waals surface area (Å²) in [6, 6.07) is 18.3. The van der Waals surface area contributed by atoms with E-state index in [9.17, 15) is 18.8 Å². The molecule has 6 nitrogen and oxygen atoms in total. The van der Waals surface area contributed by atoms with Crippen molar-refractivity contribution < 1.29 is 23.5 Å². The van der Waals surface area contributed by atoms with Gasteiger partial charge in [-0.25, -0.2) is 4.39 Å². The highest BCUT2D eigenvalue weighted by Crippen LogP contribution is 2.17. The number of rotatable bonds is 7. The van der Waals surface area contributed by atoms with E-state index in [0.717, 1.165) is 10.8 Å². The number of amides is 2. The molecule has 0 unspecified atom stereocenters. The minimum atomic E-state index is -0.907. The van der Waals surface area contributed by atoms with Crippen molar-refractivity contribution in [2.24, 2.45) is 0 Å². The number of carbonyl (C=O) groups is 3. The van der Waals surface area contributed by atoms with Gasteiger partial charge >= 0.3 is 0 Å². The Kier molecular flexibility index (Phi) is 6.75. The average Bonchev–Trinajstić information content (AvgIpc) is 2.76. The predicted octanol–water partition coefficient (Wildman–Crippen LogP) is 3.56. The van der Waals surface area contributed by atoms with Crippen molar-refractivity contribution >= 4 is 28.4 Å². The van der Waals surface area contributed by atoms with Crippen LogP contribution in [-0.4, -0.2) is 23.7 Å². The number of hydrazine groups is 1. The Labute approximate surface area is 173 Å². The average molecular weight is 408 g/mol. The topological polar surface area (TPSA) is 84.5 Å². The third-order valence-electron chi connectivity index (χ3n) is 4.47. The number of ether oxygens (including phenoxy) is 1. The number of hydrogen-bond acceptors (Lipinski definition) is 4. The van der Waals surface area contributed by atoms with Crippen LogP contribution in [0.15, 0.2) is 66.7 Å². The highest BCUT2D eigenvalue weighted by Gasteiger charge is 2.16. The van der Waals surface area contributed by atoms with Gasteiger partial charge in [-0.2, -0.15) is 0 Å². The van der Waals surface area contributed by atoms with Crippen LogP contribution in [0.25, 0.3) is 10.8 Å². The van der Waals surface area contributed by atoms with E-state index < -0.39 is 23.7 Å². The Morgan fingerprint density at radius 3 is 2.33 bits per heavy atom. The minimum absolute atomic E-state index is 0.0156. The van der Waals surface area contributed by atoms with Crippen LogP contribution in [-0.2, 0) is 9.59 Å². The lowest BCUT2D eigenvalue weighted by Crippen LogP contribution is -2.47. The van der Waals surface area contributed by atoms with Gasteiger partial charge in [-0.15, -0.1) is 0 Å². The van der Waals surface area contributed by atoms with Crippen LogP contribution < -0.4 is 15.6 Å². The second-order valence-corrected chi connectivity index (χ2v) is 6.74. The lowest BCUT2D eigenvalue weighted by atomic mass is 10.0. The summed E-state index contributed by atoms with van der Waals surface area (Å²) in [6.45, 7) is 1.49. The second-order valence-electron chi connectivity index (χ2n) is 6.74. The minimum Gasteiger partial charge on any atom is -0.481 e. The van der Waals surface area contributed by atoms with Crippen molar-refractivity contribution in [2.45, 2.75) is 25.9 Å². The Balaban J connectivity index is 1.43. The molecule has 0 saturated carbocycles. The highest BCUT2D eigenvalue weighted by molar-refractivity contribution is 6.01. The fraction of sp³-hybridized carbons (Fsp3) is 0.174. The molecule has 0 aliphatic carbocycles. The molecule has 0 radical (unpaired) electrons. The zero-order chi connectivity index (χ0) is 21.5. The molecule has 2 amide bonds. The summed E-state index contributed by atoms with van der Waals surface area (Å²) in [4.78, 5) is 36.3. The molecule has 154 valence electrons. The normalized spacial score (nSPS) is 11.5. The third-order valence-corrected chi connectivity index (χ3v) is 4.47. The lowest BCUT2D eigenvalue weighted by molar-refractivity contribution is -0.132. The fourth-order valence-corrected chi connectivity index (χ4v) is 2.80.